The second-order valence-corrected chi connectivity index (χ2v) is 6.19. The van der Waals surface area contributed by atoms with Crippen molar-refractivity contribution in [2.24, 2.45) is 5.73 Å². The molecule has 1 amide bonds. The van der Waals surface area contributed by atoms with Crippen LogP contribution in [-0.2, 0) is 16.1 Å². The van der Waals surface area contributed by atoms with E-state index in [1.54, 1.807) is 18.2 Å². The Hall–Kier alpha value is -2.75. The van der Waals surface area contributed by atoms with Crippen molar-refractivity contribution in [3.05, 3.63) is 29.5 Å². The number of aromatic amines is 1. The van der Waals surface area contributed by atoms with Gasteiger partial charge in [-0.15, -0.1) is 0 Å². The minimum atomic E-state index is -5.20. The first-order chi connectivity index (χ1) is 12.8. The molecule has 27 heavy (non-hydrogen) atoms. The third-order valence-corrected chi connectivity index (χ3v) is 4.45. The van der Waals surface area contributed by atoms with Crippen molar-refractivity contribution < 1.29 is 32.3 Å². The lowest BCUT2D eigenvalue weighted by Crippen LogP contribution is -2.48. The van der Waals surface area contributed by atoms with E-state index in [0.29, 0.717) is 41.3 Å². The Morgan fingerprint density at radius 1 is 1.41 bits per heavy atom. The molecular formula is C17H18F3N3O4. The van der Waals surface area contributed by atoms with Crippen LogP contribution >= 0.6 is 0 Å². The van der Waals surface area contributed by atoms with Gasteiger partial charge in [-0.3, -0.25) is 4.79 Å². The summed E-state index contributed by atoms with van der Waals surface area (Å²) in [6.45, 7) is 0.292. The second kappa shape index (κ2) is 7.10. The number of amides is 1. The summed E-state index contributed by atoms with van der Waals surface area (Å²) in [7, 11) is 1.51. The standard InChI is InChI=1S/C17H18F3N3O4/c1-26-10-4-5-13-11(8-10)12-7-9(3-2-6-21)23(15(24)14(12)22-13)27-16(25)17(18,19)20/h4-5,8-9,22H,2-3,6-7,21H2,1H3. The summed E-state index contributed by atoms with van der Waals surface area (Å²) >= 11 is 0. The third-order valence-electron chi connectivity index (χ3n) is 4.45. The van der Waals surface area contributed by atoms with Crippen LogP contribution < -0.4 is 10.5 Å². The molecule has 1 unspecified atom stereocenters. The summed E-state index contributed by atoms with van der Waals surface area (Å²) in [6, 6.07) is 4.41. The second-order valence-electron chi connectivity index (χ2n) is 6.19. The number of carbonyl (C=O) groups excluding carboxylic acids is 2. The number of alkyl halides is 3. The Labute approximate surface area is 152 Å². The van der Waals surface area contributed by atoms with Crippen molar-refractivity contribution in [2.45, 2.75) is 31.5 Å². The van der Waals surface area contributed by atoms with Crippen molar-refractivity contribution in [3.63, 3.8) is 0 Å². The summed E-state index contributed by atoms with van der Waals surface area (Å²) in [5, 5.41) is 1.25. The first-order valence-corrected chi connectivity index (χ1v) is 8.27. The smallest absolute Gasteiger partial charge is 0.493 e. The molecule has 1 aliphatic rings. The molecule has 10 heteroatoms. The van der Waals surface area contributed by atoms with Gasteiger partial charge in [0.2, 0.25) is 0 Å². The van der Waals surface area contributed by atoms with Crippen molar-refractivity contribution in [2.75, 3.05) is 13.7 Å². The summed E-state index contributed by atoms with van der Waals surface area (Å²) in [4.78, 5) is 31.3. The average Bonchev–Trinajstić information content (AvgIpc) is 2.99. The monoisotopic (exact) mass is 385 g/mol. The topological polar surface area (TPSA) is 97.7 Å². The number of hydrogen-bond donors (Lipinski definition) is 2. The highest BCUT2D eigenvalue weighted by atomic mass is 19.4. The number of methoxy groups -OCH3 is 1. The van der Waals surface area contributed by atoms with Crippen LogP contribution in [0.4, 0.5) is 13.2 Å². The largest absolute Gasteiger partial charge is 0.497 e. The highest BCUT2D eigenvalue weighted by molar-refractivity contribution is 6.02. The molecule has 2 heterocycles. The number of rotatable bonds is 5. The summed E-state index contributed by atoms with van der Waals surface area (Å²) < 4.78 is 43.0. The molecular weight excluding hydrogens is 367 g/mol. The van der Waals surface area contributed by atoms with Crippen LogP contribution in [0.25, 0.3) is 10.9 Å². The molecule has 1 aromatic heterocycles. The number of nitrogens with two attached hydrogens (primary N) is 1. The van der Waals surface area contributed by atoms with E-state index in [4.69, 9.17) is 10.5 Å². The van der Waals surface area contributed by atoms with Crippen LogP contribution in [-0.4, -0.2) is 47.8 Å². The molecule has 1 aliphatic heterocycles. The van der Waals surface area contributed by atoms with Crippen LogP contribution in [0.2, 0.25) is 0 Å². The molecule has 0 fully saturated rings. The van der Waals surface area contributed by atoms with E-state index >= 15 is 0 Å². The number of fused-ring (bicyclic) bond motifs is 3. The van der Waals surface area contributed by atoms with E-state index in [2.05, 4.69) is 9.82 Å². The number of carbonyl (C=O) groups is 2. The maximum Gasteiger partial charge on any atom is 0.493 e. The molecule has 0 saturated carbocycles. The molecule has 7 nitrogen and oxygen atoms in total. The highest BCUT2D eigenvalue weighted by Gasteiger charge is 2.46. The van der Waals surface area contributed by atoms with Crippen molar-refractivity contribution >= 4 is 22.8 Å². The number of aromatic nitrogens is 1. The predicted octanol–water partition coefficient (Wildman–Crippen LogP) is 2.30. The van der Waals surface area contributed by atoms with Gasteiger partial charge in [-0.1, -0.05) is 0 Å². The predicted molar refractivity (Wildman–Crippen MR) is 88.9 cm³/mol. The van der Waals surface area contributed by atoms with E-state index in [1.807, 2.05) is 0 Å². The lowest BCUT2D eigenvalue weighted by atomic mass is 9.94. The summed E-state index contributed by atoms with van der Waals surface area (Å²) in [5.74, 6) is -2.68. The number of halogens is 3. The molecule has 0 bridgehead atoms. The number of nitrogens with one attached hydrogen (secondary N) is 1. The van der Waals surface area contributed by atoms with Gasteiger partial charge in [-0.2, -0.15) is 18.2 Å². The summed E-state index contributed by atoms with van der Waals surface area (Å²) in [5.41, 5.74) is 6.86. The number of ether oxygens (including phenoxy) is 1. The number of hydrogen-bond acceptors (Lipinski definition) is 5. The number of hydroxylamine groups is 2. The van der Waals surface area contributed by atoms with Crippen molar-refractivity contribution in [1.82, 2.24) is 10.0 Å². The van der Waals surface area contributed by atoms with Gasteiger partial charge in [-0.25, -0.2) is 4.79 Å². The molecule has 0 aliphatic carbocycles. The number of nitrogens with zero attached hydrogens (tertiary/aromatic N) is 1. The average molecular weight is 385 g/mol. The Morgan fingerprint density at radius 2 is 2.15 bits per heavy atom. The molecule has 1 atom stereocenters. The van der Waals surface area contributed by atoms with Crippen LogP contribution in [0.5, 0.6) is 5.75 Å². The number of H-pyrrole nitrogens is 1. The molecule has 0 spiro atoms. The fourth-order valence-corrected chi connectivity index (χ4v) is 3.17. The van der Waals surface area contributed by atoms with Crippen molar-refractivity contribution in [3.8, 4) is 5.75 Å². The van der Waals surface area contributed by atoms with E-state index in [-0.39, 0.29) is 12.1 Å². The van der Waals surface area contributed by atoms with E-state index in [9.17, 15) is 22.8 Å². The maximum absolute atomic E-state index is 12.8. The minimum absolute atomic E-state index is 0.0947. The van der Waals surface area contributed by atoms with Gasteiger partial charge in [-0.05, 0) is 49.6 Å². The minimum Gasteiger partial charge on any atom is -0.497 e. The molecule has 1 aromatic carbocycles. The molecule has 3 N–H and O–H groups in total. The molecule has 0 radical (unpaired) electrons. The van der Waals surface area contributed by atoms with Gasteiger partial charge >= 0.3 is 18.1 Å². The van der Waals surface area contributed by atoms with Crippen molar-refractivity contribution in [1.29, 1.82) is 0 Å². The fraction of sp³-hybridized carbons (Fsp3) is 0.412. The lowest BCUT2D eigenvalue weighted by Gasteiger charge is -2.33. The van der Waals surface area contributed by atoms with Crippen LogP contribution in [0, 0.1) is 0 Å². The van der Waals surface area contributed by atoms with E-state index < -0.39 is 24.1 Å². The molecule has 3 rings (SSSR count). The lowest BCUT2D eigenvalue weighted by molar-refractivity contribution is -0.235. The zero-order chi connectivity index (χ0) is 19.8. The first kappa shape index (κ1) is 19.0. The van der Waals surface area contributed by atoms with Gasteiger partial charge in [0, 0.05) is 10.9 Å². The Bertz CT molecular complexity index is 878. The zero-order valence-electron chi connectivity index (χ0n) is 14.4. The molecule has 2 aromatic rings. The van der Waals surface area contributed by atoms with E-state index in [1.165, 1.54) is 7.11 Å². The molecule has 146 valence electrons. The van der Waals surface area contributed by atoms with Crippen LogP contribution in [0.1, 0.15) is 28.9 Å². The van der Waals surface area contributed by atoms with Gasteiger partial charge in [0.05, 0.1) is 13.2 Å². The first-order valence-electron chi connectivity index (χ1n) is 8.27. The Morgan fingerprint density at radius 3 is 2.78 bits per heavy atom. The summed E-state index contributed by atoms with van der Waals surface area (Å²) in [6.07, 6.45) is -4.23. The number of benzene rings is 1. The van der Waals surface area contributed by atoms with Gasteiger partial charge in [0.25, 0.3) is 0 Å². The Kier molecular flexibility index (Phi) is 5.01. The zero-order valence-corrected chi connectivity index (χ0v) is 14.4. The maximum atomic E-state index is 12.8. The Balaban J connectivity index is 2.01. The van der Waals surface area contributed by atoms with Crippen LogP contribution in [0.15, 0.2) is 18.2 Å². The van der Waals surface area contributed by atoms with E-state index in [0.717, 1.165) is 5.39 Å². The fourth-order valence-electron chi connectivity index (χ4n) is 3.17. The van der Waals surface area contributed by atoms with Crippen LogP contribution in [0.3, 0.4) is 0 Å². The normalized spacial score (nSPS) is 17.1. The highest BCUT2D eigenvalue weighted by Crippen LogP contribution is 2.34. The molecule has 0 saturated heterocycles. The van der Waals surface area contributed by atoms with Gasteiger partial charge < -0.3 is 20.3 Å². The SMILES string of the molecule is COc1ccc2[nH]c3c(c2c1)CC(CCCN)N(OC(=O)C(F)(F)F)C3=O. The van der Waals surface area contributed by atoms with Gasteiger partial charge in [0.1, 0.15) is 11.4 Å². The van der Waals surface area contributed by atoms with Gasteiger partial charge in [0.15, 0.2) is 0 Å². The quantitative estimate of drug-likeness (QED) is 0.823. The third kappa shape index (κ3) is 3.57.